The average molecular weight is 653 g/mol. The molecule has 0 amide bonds. The van der Waals surface area contributed by atoms with Crippen LogP contribution in [0.15, 0.2) is 91.1 Å². The van der Waals surface area contributed by atoms with E-state index in [9.17, 15) is 5.11 Å². The Hall–Kier alpha value is -4.28. The Morgan fingerprint density at radius 1 is 0.604 bits per heavy atom. The highest BCUT2D eigenvalue weighted by atomic mass is 32.1. The molecule has 0 unspecified atom stereocenters. The number of fused-ring (bicyclic) bond motifs is 1. The first-order valence-corrected chi connectivity index (χ1v) is 17.9. The summed E-state index contributed by atoms with van der Waals surface area (Å²) < 4.78 is 1.10. The van der Waals surface area contributed by atoms with Crippen molar-refractivity contribution < 1.29 is 5.11 Å². The lowest BCUT2D eigenvalue weighted by Gasteiger charge is -2.30. The van der Waals surface area contributed by atoms with Crippen molar-refractivity contribution >= 4 is 21.6 Å². The lowest BCUT2D eigenvalue weighted by atomic mass is 9.74. The molecule has 0 fully saturated rings. The van der Waals surface area contributed by atoms with Crippen LogP contribution in [0.4, 0.5) is 0 Å². The summed E-state index contributed by atoms with van der Waals surface area (Å²) in [4.78, 5) is 10.2. The highest BCUT2D eigenvalue weighted by molar-refractivity contribution is 7.21. The third-order valence-corrected chi connectivity index (χ3v) is 10.4. The third kappa shape index (κ3) is 6.56. The van der Waals surface area contributed by atoms with E-state index < -0.39 is 0 Å². The predicted octanol–water partition coefficient (Wildman–Crippen LogP) is 12.9. The van der Waals surface area contributed by atoms with Crippen molar-refractivity contribution in [2.75, 3.05) is 0 Å². The van der Waals surface area contributed by atoms with Gasteiger partial charge in [-0.2, -0.15) is 0 Å². The Labute approximate surface area is 290 Å². The van der Waals surface area contributed by atoms with Crippen molar-refractivity contribution in [3.63, 3.8) is 0 Å². The summed E-state index contributed by atoms with van der Waals surface area (Å²) in [5, 5.41) is 11.5. The number of benzene rings is 4. The number of pyridine rings is 1. The van der Waals surface area contributed by atoms with Crippen LogP contribution >= 0.6 is 11.3 Å². The summed E-state index contributed by atoms with van der Waals surface area (Å²) in [6.07, 6.45) is 1.96. The zero-order valence-corrected chi connectivity index (χ0v) is 30.9. The number of rotatable bonds is 6. The van der Waals surface area contributed by atoms with E-state index in [-0.39, 0.29) is 16.6 Å². The number of aromatic nitrogens is 2. The molecular weight excluding hydrogens is 605 g/mol. The van der Waals surface area contributed by atoms with Gasteiger partial charge in [-0.3, -0.25) is 4.98 Å². The summed E-state index contributed by atoms with van der Waals surface area (Å²) in [5.74, 6) is 1.14. The van der Waals surface area contributed by atoms with Gasteiger partial charge >= 0.3 is 0 Å². The van der Waals surface area contributed by atoms with Gasteiger partial charge in [-0.05, 0) is 98.0 Å². The number of nitrogens with zero attached hydrogens (tertiary/aromatic N) is 2. The van der Waals surface area contributed by atoms with Gasteiger partial charge in [0.05, 0.1) is 21.5 Å². The number of hydrogen-bond acceptors (Lipinski definition) is 4. The van der Waals surface area contributed by atoms with E-state index in [4.69, 9.17) is 9.97 Å². The zero-order valence-electron chi connectivity index (χ0n) is 30.1. The Morgan fingerprint density at radius 3 is 1.85 bits per heavy atom. The van der Waals surface area contributed by atoms with Gasteiger partial charge in [0.1, 0.15) is 10.8 Å². The van der Waals surface area contributed by atoms with Gasteiger partial charge in [-0.1, -0.05) is 118 Å². The van der Waals surface area contributed by atoms with Crippen LogP contribution in [-0.4, -0.2) is 15.1 Å². The monoisotopic (exact) mass is 652 g/mol. The highest BCUT2D eigenvalue weighted by Gasteiger charge is 2.28. The lowest BCUT2D eigenvalue weighted by molar-refractivity contribution is 0.477. The summed E-state index contributed by atoms with van der Waals surface area (Å²) in [6.45, 7) is 22.8. The summed E-state index contributed by atoms with van der Waals surface area (Å²) in [7, 11) is 0. The van der Waals surface area contributed by atoms with E-state index >= 15 is 0 Å². The molecule has 48 heavy (non-hydrogen) atoms. The molecule has 2 aromatic heterocycles. The molecule has 0 aliphatic heterocycles. The number of thiazole rings is 1. The first kappa shape index (κ1) is 33.6. The molecule has 0 spiro atoms. The minimum atomic E-state index is -0.119. The summed E-state index contributed by atoms with van der Waals surface area (Å²) in [6, 6.07) is 30.2. The van der Waals surface area contributed by atoms with Crippen LogP contribution in [0.5, 0.6) is 5.75 Å². The Morgan fingerprint density at radius 2 is 1.23 bits per heavy atom. The zero-order chi connectivity index (χ0) is 34.5. The molecule has 6 rings (SSSR count). The third-order valence-electron chi connectivity index (χ3n) is 9.30. The molecule has 0 aliphatic rings. The fraction of sp³-hybridized carbons (Fsp3) is 0.318. The second-order valence-electron chi connectivity index (χ2n) is 15.8. The molecule has 0 saturated heterocycles. The molecule has 1 N–H and O–H groups in total. The number of para-hydroxylation sites is 2. The number of hydrogen-bond donors (Lipinski definition) is 1. The standard InChI is InChI=1S/C44H48N2OS/c1-26(2)29-20-30(27(3)4)22-31(21-29)28-18-19-45-38(23-28)35-24-34(36(43(5,6)7)25-37(35)44(8,9)10)32-15-13-17-40-41(32)46-42(48-40)33-14-11-12-16-39(33)47/h11-27,47H,1-10H3. The molecule has 3 nitrogen and oxygen atoms in total. The van der Waals surface area contributed by atoms with E-state index in [1.807, 2.05) is 24.4 Å². The molecule has 0 radical (unpaired) electrons. The van der Waals surface area contributed by atoms with Crippen molar-refractivity contribution in [1.82, 2.24) is 9.97 Å². The predicted molar refractivity (Wildman–Crippen MR) is 206 cm³/mol. The van der Waals surface area contributed by atoms with E-state index in [0.29, 0.717) is 11.8 Å². The Bertz CT molecular complexity index is 2100. The Kier molecular flexibility index (Phi) is 8.85. The van der Waals surface area contributed by atoms with Crippen LogP contribution in [0, 0.1) is 0 Å². The molecule has 4 aromatic carbocycles. The van der Waals surface area contributed by atoms with Crippen molar-refractivity contribution in [3.05, 3.63) is 113 Å². The largest absolute Gasteiger partial charge is 0.507 e. The molecule has 246 valence electrons. The molecule has 0 aliphatic carbocycles. The van der Waals surface area contributed by atoms with Gasteiger partial charge in [-0.15, -0.1) is 11.3 Å². The van der Waals surface area contributed by atoms with Crippen molar-refractivity contribution in [2.24, 2.45) is 0 Å². The van der Waals surface area contributed by atoms with Gasteiger partial charge in [0.15, 0.2) is 0 Å². The minimum absolute atomic E-state index is 0.113. The van der Waals surface area contributed by atoms with Crippen LogP contribution in [0.25, 0.3) is 54.3 Å². The summed E-state index contributed by atoms with van der Waals surface area (Å²) in [5.41, 5.74) is 13.6. The smallest absolute Gasteiger partial charge is 0.128 e. The van der Waals surface area contributed by atoms with Crippen molar-refractivity contribution in [1.29, 1.82) is 0 Å². The second-order valence-corrected chi connectivity index (χ2v) is 16.8. The highest BCUT2D eigenvalue weighted by Crippen LogP contribution is 2.45. The Balaban J connectivity index is 1.60. The number of phenolic OH excluding ortho intramolecular Hbond substituents is 1. The van der Waals surface area contributed by atoms with Crippen LogP contribution in [0.3, 0.4) is 0 Å². The first-order valence-electron chi connectivity index (χ1n) is 17.1. The van der Waals surface area contributed by atoms with Crippen LogP contribution in [0.1, 0.15) is 103 Å². The molecule has 0 atom stereocenters. The molecule has 4 heteroatoms. The van der Waals surface area contributed by atoms with E-state index in [1.54, 1.807) is 17.4 Å². The maximum Gasteiger partial charge on any atom is 0.128 e. The fourth-order valence-corrected chi connectivity index (χ4v) is 7.51. The van der Waals surface area contributed by atoms with Crippen molar-refractivity contribution in [3.8, 4) is 49.8 Å². The molecule has 6 aromatic rings. The fourth-order valence-electron chi connectivity index (χ4n) is 6.48. The molecule has 2 heterocycles. The minimum Gasteiger partial charge on any atom is -0.507 e. The van der Waals surface area contributed by atoms with Gasteiger partial charge in [-0.25, -0.2) is 4.98 Å². The van der Waals surface area contributed by atoms with Crippen LogP contribution < -0.4 is 0 Å². The number of phenols is 1. The van der Waals surface area contributed by atoms with E-state index in [2.05, 4.69) is 130 Å². The SMILES string of the molecule is CC(C)c1cc(-c2ccnc(-c3cc(-c4cccc5sc(-c6ccccc6O)nc45)c(C(C)(C)C)cc3C(C)(C)C)c2)cc(C(C)C)c1. The van der Waals surface area contributed by atoms with Gasteiger partial charge in [0.2, 0.25) is 0 Å². The second kappa shape index (κ2) is 12.6. The lowest BCUT2D eigenvalue weighted by Crippen LogP contribution is -2.19. The molecular formula is C44H48N2OS. The quantitative estimate of drug-likeness (QED) is 0.195. The van der Waals surface area contributed by atoms with Gasteiger partial charge < -0.3 is 5.11 Å². The normalized spacial score (nSPS) is 12.4. The van der Waals surface area contributed by atoms with E-state index in [1.165, 1.54) is 38.9 Å². The summed E-state index contributed by atoms with van der Waals surface area (Å²) >= 11 is 1.62. The average Bonchev–Trinajstić information content (AvgIpc) is 3.48. The number of aromatic hydroxyl groups is 1. The first-order chi connectivity index (χ1) is 22.6. The molecule has 0 saturated carbocycles. The topological polar surface area (TPSA) is 46.0 Å². The maximum absolute atomic E-state index is 10.6. The van der Waals surface area contributed by atoms with Crippen LogP contribution in [0.2, 0.25) is 0 Å². The van der Waals surface area contributed by atoms with Crippen molar-refractivity contribution in [2.45, 2.75) is 91.9 Å². The molecule has 0 bridgehead atoms. The van der Waals surface area contributed by atoms with E-state index in [0.717, 1.165) is 37.6 Å². The maximum atomic E-state index is 10.6. The van der Waals surface area contributed by atoms with Gasteiger partial charge in [0, 0.05) is 17.3 Å². The van der Waals surface area contributed by atoms with Gasteiger partial charge in [0.25, 0.3) is 0 Å². The van der Waals surface area contributed by atoms with Crippen LogP contribution in [-0.2, 0) is 10.8 Å².